The van der Waals surface area contributed by atoms with Gasteiger partial charge in [0.1, 0.15) is 0 Å². The summed E-state index contributed by atoms with van der Waals surface area (Å²) in [5, 5.41) is 0. The fourth-order valence-electron chi connectivity index (χ4n) is 2.75. The van der Waals surface area contributed by atoms with Crippen LogP contribution in [0.15, 0.2) is 42.6 Å². The Labute approximate surface area is 119 Å². The average Bonchev–Trinajstić information content (AvgIpc) is 3.10. The number of likely N-dealkylation sites (tertiary alicyclic amines) is 1. The molecule has 1 saturated heterocycles. The van der Waals surface area contributed by atoms with Gasteiger partial charge >= 0.3 is 0 Å². The largest absolute Gasteiger partial charge is 0.342 e. The third kappa shape index (κ3) is 2.62. The Kier molecular flexibility index (Phi) is 3.59. The van der Waals surface area contributed by atoms with Gasteiger partial charge in [-0.1, -0.05) is 17.7 Å². The Morgan fingerprint density at radius 1 is 1.10 bits per heavy atom. The molecule has 0 aliphatic carbocycles. The SMILES string of the molecule is Cc1ccc(-n2cccc2CC(=O)N2CCCC2)cc1. The van der Waals surface area contributed by atoms with Crippen molar-refractivity contribution in [2.24, 2.45) is 0 Å². The van der Waals surface area contributed by atoms with E-state index in [0.29, 0.717) is 6.42 Å². The number of nitrogens with zero attached hydrogens (tertiary/aromatic N) is 2. The van der Waals surface area contributed by atoms with Crippen LogP contribution in [-0.4, -0.2) is 28.5 Å². The van der Waals surface area contributed by atoms with E-state index >= 15 is 0 Å². The minimum absolute atomic E-state index is 0.245. The number of carbonyl (C=O) groups is 1. The van der Waals surface area contributed by atoms with Crippen molar-refractivity contribution < 1.29 is 4.79 Å². The maximum atomic E-state index is 12.3. The predicted octanol–water partition coefficient (Wildman–Crippen LogP) is 2.95. The number of carbonyl (C=O) groups excluding carboxylic acids is 1. The van der Waals surface area contributed by atoms with Crippen LogP contribution >= 0.6 is 0 Å². The summed E-state index contributed by atoms with van der Waals surface area (Å²) >= 11 is 0. The van der Waals surface area contributed by atoms with Gasteiger partial charge in [-0.2, -0.15) is 0 Å². The minimum atomic E-state index is 0.245. The van der Waals surface area contributed by atoms with Gasteiger partial charge in [0.25, 0.3) is 0 Å². The van der Waals surface area contributed by atoms with Gasteiger partial charge in [0.15, 0.2) is 0 Å². The fourth-order valence-corrected chi connectivity index (χ4v) is 2.75. The van der Waals surface area contributed by atoms with E-state index in [2.05, 4.69) is 35.8 Å². The molecule has 0 unspecified atom stereocenters. The highest BCUT2D eigenvalue weighted by molar-refractivity contribution is 5.78. The molecule has 0 atom stereocenters. The lowest BCUT2D eigenvalue weighted by Crippen LogP contribution is -2.29. The molecule has 0 N–H and O–H groups in total. The molecule has 0 radical (unpaired) electrons. The Hall–Kier alpha value is -2.03. The number of hydrogen-bond donors (Lipinski definition) is 0. The molecule has 1 aromatic carbocycles. The summed E-state index contributed by atoms with van der Waals surface area (Å²) in [6.45, 7) is 3.92. The Morgan fingerprint density at radius 3 is 2.50 bits per heavy atom. The highest BCUT2D eigenvalue weighted by atomic mass is 16.2. The normalized spacial score (nSPS) is 14.8. The van der Waals surface area contributed by atoms with Crippen LogP contribution in [0.4, 0.5) is 0 Å². The van der Waals surface area contributed by atoms with E-state index in [-0.39, 0.29) is 5.91 Å². The zero-order chi connectivity index (χ0) is 13.9. The van der Waals surface area contributed by atoms with Crippen molar-refractivity contribution in [3.63, 3.8) is 0 Å². The Bertz CT molecular complexity index is 592. The molecule has 104 valence electrons. The molecule has 1 aromatic heterocycles. The Morgan fingerprint density at radius 2 is 1.80 bits per heavy atom. The van der Waals surface area contributed by atoms with Crippen molar-refractivity contribution in [2.75, 3.05) is 13.1 Å². The fraction of sp³-hybridized carbons (Fsp3) is 0.353. The second-order valence-corrected chi connectivity index (χ2v) is 5.47. The maximum absolute atomic E-state index is 12.3. The van der Waals surface area contributed by atoms with Gasteiger partial charge in [-0.3, -0.25) is 4.79 Å². The number of benzene rings is 1. The number of aromatic nitrogens is 1. The smallest absolute Gasteiger partial charge is 0.228 e. The predicted molar refractivity (Wildman–Crippen MR) is 80.0 cm³/mol. The first-order valence-electron chi connectivity index (χ1n) is 7.25. The molecule has 20 heavy (non-hydrogen) atoms. The second-order valence-electron chi connectivity index (χ2n) is 5.47. The Balaban J connectivity index is 1.79. The van der Waals surface area contributed by atoms with Crippen molar-refractivity contribution in [3.05, 3.63) is 53.9 Å². The summed E-state index contributed by atoms with van der Waals surface area (Å²) in [6, 6.07) is 12.4. The average molecular weight is 268 g/mol. The van der Waals surface area contributed by atoms with Crippen molar-refractivity contribution in [3.8, 4) is 5.69 Å². The van der Waals surface area contributed by atoms with Crippen LogP contribution in [0.3, 0.4) is 0 Å². The van der Waals surface area contributed by atoms with E-state index in [1.807, 2.05) is 23.2 Å². The zero-order valence-corrected chi connectivity index (χ0v) is 11.9. The molecule has 0 saturated carbocycles. The van der Waals surface area contributed by atoms with E-state index in [4.69, 9.17) is 0 Å². The molecule has 2 heterocycles. The van der Waals surface area contributed by atoms with Crippen LogP contribution in [0.2, 0.25) is 0 Å². The summed E-state index contributed by atoms with van der Waals surface area (Å²) in [7, 11) is 0. The molecule has 3 rings (SSSR count). The highest BCUT2D eigenvalue weighted by Crippen LogP contribution is 2.16. The third-order valence-corrected chi connectivity index (χ3v) is 3.94. The van der Waals surface area contributed by atoms with Crippen molar-refractivity contribution >= 4 is 5.91 Å². The molecule has 1 fully saturated rings. The van der Waals surface area contributed by atoms with Gasteiger partial charge in [0.2, 0.25) is 5.91 Å². The van der Waals surface area contributed by atoms with Crippen molar-refractivity contribution in [1.82, 2.24) is 9.47 Å². The monoisotopic (exact) mass is 268 g/mol. The van der Waals surface area contributed by atoms with Gasteiger partial charge in [0.05, 0.1) is 6.42 Å². The number of amides is 1. The number of hydrogen-bond acceptors (Lipinski definition) is 1. The third-order valence-electron chi connectivity index (χ3n) is 3.94. The van der Waals surface area contributed by atoms with Gasteiger partial charge < -0.3 is 9.47 Å². The first-order valence-corrected chi connectivity index (χ1v) is 7.25. The van der Waals surface area contributed by atoms with Crippen LogP contribution < -0.4 is 0 Å². The standard InChI is InChI=1S/C17H20N2O/c1-14-6-8-15(9-7-14)19-12-4-5-16(19)13-17(20)18-10-2-3-11-18/h4-9,12H,2-3,10-11,13H2,1H3. The molecule has 3 nitrogen and oxygen atoms in total. The van der Waals surface area contributed by atoms with Crippen molar-refractivity contribution in [2.45, 2.75) is 26.2 Å². The second kappa shape index (κ2) is 5.53. The van der Waals surface area contributed by atoms with Crippen LogP contribution in [0.5, 0.6) is 0 Å². The molecule has 3 heteroatoms. The molecular weight excluding hydrogens is 248 g/mol. The minimum Gasteiger partial charge on any atom is -0.342 e. The van der Waals surface area contributed by atoms with Crippen LogP contribution in [0.25, 0.3) is 5.69 Å². The lowest BCUT2D eigenvalue weighted by atomic mass is 10.2. The summed E-state index contributed by atoms with van der Waals surface area (Å²) < 4.78 is 2.10. The van der Waals surface area contributed by atoms with Crippen molar-refractivity contribution in [1.29, 1.82) is 0 Å². The van der Waals surface area contributed by atoms with E-state index in [0.717, 1.165) is 37.3 Å². The molecule has 1 amide bonds. The van der Waals surface area contributed by atoms with Gasteiger partial charge in [-0.25, -0.2) is 0 Å². The van der Waals surface area contributed by atoms with E-state index in [9.17, 15) is 4.79 Å². The lowest BCUT2D eigenvalue weighted by molar-refractivity contribution is -0.129. The number of rotatable bonds is 3. The van der Waals surface area contributed by atoms with Crippen LogP contribution in [-0.2, 0) is 11.2 Å². The molecular formula is C17H20N2O. The summed E-state index contributed by atoms with van der Waals surface area (Å²) in [5.74, 6) is 0.245. The molecule has 0 bridgehead atoms. The highest BCUT2D eigenvalue weighted by Gasteiger charge is 2.19. The van der Waals surface area contributed by atoms with Crippen LogP contribution in [0.1, 0.15) is 24.1 Å². The molecule has 1 aliphatic heterocycles. The maximum Gasteiger partial charge on any atom is 0.228 e. The summed E-state index contributed by atoms with van der Waals surface area (Å²) in [6.07, 6.45) is 4.80. The van der Waals surface area contributed by atoms with Gasteiger partial charge in [-0.15, -0.1) is 0 Å². The van der Waals surface area contributed by atoms with Crippen LogP contribution in [0, 0.1) is 6.92 Å². The molecule has 0 spiro atoms. The molecule has 2 aromatic rings. The first kappa shape index (κ1) is 13.0. The summed E-state index contributed by atoms with van der Waals surface area (Å²) in [4.78, 5) is 14.2. The summed E-state index contributed by atoms with van der Waals surface area (Å²) in [5.41, 5.74) is 3.42. The topological polar surface area (TPSA) is 25.2 Å². The van der Waals surface area contributed by atoms with Gasteiger partial charge in [-0.05, 0) is 44.0 Å². The number of aryl methyl sites for hydroxylation is 1. The van der Waals surface area contributed by atoms with Gasteiger partial charge in [0, 0.05) is 30.7 Å². The lowest BCUT2D eigenvalue weighted by Gasteiger charge is -2.16. The van der Waals surface area contributed by atoms with E-state index in [1.54, 1.807) is 0 Å². The quantitative estimate of drug-likeness (QED) is 0.840. The van der Waals surface area contributed by atoms with E-state index < -0.39 is 0 Å². The zero-order valence-electron chi connectivity index (χ0n) is 11.9. The van der Waals surface area contributed by atoms with E-state index in [1.165, 1.54) is 5.56 Å². The first-order chi connectivity index (χ1) is 9.74. The molecule has 1 aliphatic rings.